The molecule has 2 aromatic heterocycles. The zero-order valence-corrected chi connectivity index (χ0v) is 13.7. The Kier molecular flexibility index (Phi) is 4.40. The van der Waals surface area contributed by atoms with E-state index in [9.17, 15) is 14.4 Å². The average Bonchev–Trinajstić information content (AvgIpc) is 2.94. The van der Waals surface area contributed by atoms with Gasteiger partial charge in [-0.3, -0.25) is 25.2 Å². The normalized spacial score (nSPS) is 10.5. The lowest BCUT2D eigenvalue weighted by atomic mass is 10.1. The second-order valence-electron chi connectivity index (χ2n) is 5.42. The van der Waals surface area contributed by atoms with Crippen molar-refractivity contribution in [3.05, 3.63) is 45.7 Å². The molecular weight excluding hydrogens is 298 g/mol. The Morgan fingerprint density at radius 2 is 1.65 bits per heavy atom. The first-order valence-corrected chi connectivity index (χ1v) is 7.10. The van der Waals surface area contributed by atoms with Crippen molar-refractivity contribution in [1.29, 1.82) is 0 Å². The van der Waals surface area contributed by atoms with E-state index in [4.69, 9.17) is 4.42 Å². The van der Waals surface area contributed by atoms with Gasteiger partial charge in [0, 0.05) is 11.3 Å². The van der Waals surface area contributed by atoms with Crippen LogP contribution in [0.25, 0.3) is 0 Å². The van der Waals surface area contributed by atoms with Crippen LogP contribution in [0.2, 0.25) is 0 Å². The summed E-state index contributed by atoms with van der Waals surface area (Å²) < 4.78 is 5.27. The van der Waals surface area contributed by atoms with Crippen LogP contribution in [-0.2, 0) is 0 Å². The highest BCUT2D eigenvalue weighted by Crippen LogP contribution is 2.18. The number of furan rings is 1. The molecule has 2 aromatic rings. The minimum Gasteiger partial charge on any atom is -0.466 e. The Morgan fingerprint density at radius 3 is 2.13 bits per heavy atom. The first kappa shape index (κ1) is 16.5. The van der Waals surface area contributed by atoms with Crippen molar-refractivity contribution >= 4 is 17.6 Å². The number of aryl methyl sites for hydroxylation is 3. The Bertz CT molecular complexity index is 799. The Labute approximate surface area is 133 Å². The smallest absolute Gasteiger partial charge is 0.286 e. The fourth-order valence-corrected chi connectivity index (χ4v) is 2.60. The van der Waals surface area contributed by atoms with Gasteiger partial charge in [-0.05, 0) is 46.2 Å². The van der Waals surface area contributed by atoms with E-state index < -0.39 is 11.8 Å². The van der Waals surface area contributed by atoms with Crippen molar-refractivity contribution in [2.24, 2.45) is 0 Å². The first-order valence-electron chi connectivity index (χ1n) is 7.10. The molecule has 0 aliphatic rings. The van der Waals surface area contributed by atoms with Gasteiger partial charge < -0.3 is 9.40 Å². The third-order valence-electron chi connectivity index (χ3n) is 3.59. The van der Waals surface area contributed by atoms with Gasteiger partial charge in [-0.15, -0.1) is 0 Å². The summed E-state index contributed by atoms with van der Waals surface area (Å²) in [6, 6.07) is 1.59. The summed E-state index contributed by atoms with van der Waals surface area (Å²) in [5.74, 6) is -0.0329. The fraction of sp³-hybridized carbons (Fsp3) is 0.312. The molecule has 0 fully saturated rings. The van der Waals surface area contributed by atoms with Gasteiger partial charge in [0.25, 0.3) is 11.8 Å². The largest absolute Gasteiger partial charge is 0.466 e. The summed E-state index contributed by atoms with van der Waals surface area (Å²) in [5.41, 5.74) is 6.92. The first-order chi connectivity index (χ1) is 10.7. The lowest BCUT2D eigenvalue weighted by Crippen LogP contribution is -2.42. The van der Waals surface area contributed by atoms with Crippen LogP contribution in [-0.4, -0.2) is 22.6 Å². The Balaban J connectivity index is 2.11. The minimum absolute atomic E-state index is 0.121. The number of aromatic amines is 1. The predicted octanol–water partition coefficient (Wildman–Crippen LogP) is 2.12. The SMILES string of the molecule is CC(=O)c1c(C)[nH]c(C(=O)NNC(=O)c2cc(C)oc2C)c1C. The van der Waals surface area contributed by atoms with Crippen molar-refractivity contribution in [2.75, 3.05) is 0 Å². The number of amides is 2. The molecule has 2 rings (SSSR count). The summed E-state index contributed by atoms with van der Waals surface area (Å²) >= 11 is 0. The van der Waals surface area contributed by atoms with Crippen molar-refractivity contribution in [3.63, 3.8) is 0 Å². The van der Waals surface area contributed by atoms with Crippen LogP contribution in [0.4, 0.5) is 0 Å². The zero-order chi connectivity index (χ0) is 17.3. The summed E-state index contributed by atoms with van der Waals surface area (Å²) in [6.07, 6.45) is 0. The van der Waals surface area contributed by atoms with E-state index in [0.717, 1.165) is 0 Å². The quantitative estimate of drug-likeness (QED) is 0.595. The number of aromatic nitrogens is 1. The molecule has 0 radical (unpaired) electrons. The number of hydrogen-bond acceptors (Lipinski definition) is 4. The summed E-state index contributed by atoms with van der Waals surface area (Å²) in [6.45, 7) is 8.24. The number of carbonyl (C=O) groups is 3. The number of carbonyl (C=O) groups excluding carboxylic acids is 3. The second-order valence-corrected chi connectivity index (χ2v) is 5.42. The van der Waals surface area contributed by atoms with Gasteiger partial charge in [0.15, 0.2) is 5.78 Å². The Hall–Kier alpha value is -2.83. The molecule has 0 bridgehead atoms. The van der Waals surface area contributed by atoms with E-state index in [2.05, 4.69) is 15.8 Å². The van der Waals surface area contributed by atoms with Crippen LogP contribution < -0.4 is 10.9 Å². The number of hydrazine groups is 1. The molecule has 0 saturated carbocycles. The molecular formula is C16H19N3O4. The molecule has 2 amide bonds. The van der Waals surface area contributed by atoms with E-state index in [1.54, 1.807) is 33.8 Å². The van der Waals surface area contributed by atoms with Gasteiger partial charge in [-0.25, -0.2) is 0 Å². The molecule has 3 N–H and O–H groups in total. The van der Waals surface area contributed by atoms with Gasteiger partial charge in [0.2, 0.25) is 0 Å². The average molecular weight is 317 g/mol. The summed E-state index contributed by atoms with van der Waals surface area (Å²) in [4.78, 5) is 38.7. The van der Waals surface area contributed by atoms with E-state index in [0.29, 0.717) is 33.9 Å². The maximum atomic E-state index is 12.2. The lowest BCUT2D eigenvalue weighted by Gasteiger charge is -2.06. The molecule has 0 spiro atoms. The summed E-state index contributed by atoms with van der Waals surface area (Å²) in [5, 5.41) is 0. The standard InChI is InChI=1S/C16H19N3O4/c1-7-6-12(11(5)23-7)15(21)18-19-16(22)14-8(2)13(10(4)20)9(3)17-14/h6,17H,1-5H3,(H,18,21)(H,19,22). The molecule has 0 aliphatic heterocycles. The molecule has 0 aromatic carbocycles. The van der Waals surface area contributed by atoms with Crippen molar-refractivity contribution in [1.82, 2.24) is 15.8 Å². The van der Waals surface area contributed by atoms with Gasteiger partial charge in [0.05, 0.1) is 5.56 Å². The van der Waals surface area contributed by atoms with Crippen LogP contribution in [0.15, 0.2) is 10.5 Å². The molecule has 122 valence electrons. The van der Waals surface area contributed by atoms with Gasteiger partial charge in [-0.2, -0.15) is 0 Å². The molecule has 23 heavy (non-hydrogen) atoms. The van der Waals surface area contributed by atoms with Crippen LogP contribution in [0.3, 0.4) is 0 Å². The number of hydrogen-bond donors (Lipinski definition) is 3. The number of nitrogens with one attached hydrogen (secondary N) is 3. The highest BCUT2D eigenvalue weighted by atomic mass is 16.3. The van der Waals surface area contributed by atoms with E-state index in [-0.39, 0.29) is 11.5 Å². The number of Topliss-reactive ketones (excluding diaryl/α,β-unsaturated/α-hetero) is 1. The van der Waals surface area contributed by atoms with Crippen LogP contribution in [0.1, 0.15) is 60.9 Å². The molecule has 2 heterocycles. The van der Waals surface area contributed by atoms with Gasteiger partial charge in [-0.1, -0.05) is 0 Å². The summed E-state index contributed by atoms with van der Waals surface area (Å²) in [7, 11) is 0. The third-order valence-corrected chi connectivity index (χ3v) is 3.59. The molecule has 7 nitrogen and oxygen atoms in total. The Morgan fingerprint density at radius 1 is 1.04 bits per heavy atom. The zero-order valence-electron chi connectivity index (χ0n) is 13.7. The molecule has 0 aliphatic carbocycles. The fourth-order valence-electron chi connectivity index (χ4n) is 2.60. The van der Waals surface area contributed by atoms with Crippen molar-refractivity contribution in [2.45, 2.75) is 34.6 Å². The maximum Gasteiger partial charge on any atom is 0.286 e. The van der Waals surface area contributed by atoms with E-state index >= 15 is 0 Å². The number of rotatable bonds is 3. The lowest BCUT2D eigenvalue weighted by molar-refractivity contribution is 0.0843. The third kappa shape index (κ3) is 3.18. The number of ketones is 1. The molecule has 7 heteroatoms. The highest BCUT2D eigenvalue weighted by Gasteiger charge is 2.21. The molecule has 0 saturated heterocycles. The monoisotopic (exact) mass is 317 g/mol. The minimum atomic E-state index is -0.524. The van der Waals surface area contributed by atoms with Crippen molar-refractivity contribution < 1.29 is 18.8 Å². The van der Waals surface area contributed by atoms with Crippen LogP contribution in [0.5, 0.6) is 0 Å². The van der Waals surface area contributed by atoms with E-state index in [1.165, 1.54) is 6.92 Å². The van der Waals surface area contributed by atoms with Gasteiger partial charge in [0.1, 0.15) is 17.2 Å². The topological polar surface area (TPSA) is 104 Å². The van der Waals surface area contributed by atoms with Crippen LogP contribution in [0, 0.1) is 27.7 Å². The van der Waals surface area contributed by atoms with Gasteiger partial charge >= 0.3 is 0 Å². The van der Waals surface area contributed by atoms with Crippen molar-refractivity contribution in [3.8, 4) is 0 Å². The highest BCUT2D eigenvalue weighted by molar-refractivity contribution is 6.03. The molecule has 0 atom stereocenters. The van der Waals surface area contributed by atoms with Crippen LogP contribution >= 0.6 is 0 Å². The second kappa shape index (κ2) is 6.12. The predicted molar refractivity (Wildman–Crippen MR) is 83.4 cm³/mol. The maximum absolute atomic E-state index is 12.2. The molecule has 0 unspecified atom stereocenters. The van der Waals surface area contributed by atoms with E-state index in [1.807, 2.05) is 0 Å². The number of H-pyrrole nitrogens is 1.